The maximum Gasteiger partial charge on any atom is 0.307 e. The van der Waals surface area contributed by atoms with Crippen LogP contribution in [-0.2, 0) is 20.9 Å². The molecule has 1 unspecified atom stereocenters. The minimum absolute atomic E-state index is 0.260. The summed E-state index contributed by atoms with van der Waals surface area (Å²) in [6, 6.07) is 9.78. The molecule has 0 aliphatic heterocycles. The molecule has 1 N–H and O–H groups in total. The van der Waals surface area contributed by atoms with Crippen LogP contribution in [0.15, 0.2) is 30.3 Å². The van der Waals surface area contributed by atoms with Crippen LogP contribution in [0.3, 0.4) is 0 Å². The smallest absolute Gasteiger partial charge is 0.307 e. The minimum Gasteiger partial charge on any atom is -0.481 e. The van der Waals surface area contributed by atoms with E-state index in [-0.39, 0.29) is 12.4 Å². The Kier molecular flexibility index (Phi) is 6.73. The molecule has 110 valence electrons. The first kappa shape index (κ1) is 16.2. The largest absolute Gasteiger partial charge is 0.481 e. The number of hydrogen-bond acceptors (Lipinski definition) is 4. The molecule has 0 aromatic heterocycles. The summed E-state index contributed by atoms with van der Waals surface area (Å²) in [5, 5.41) is 9.00. The summed E-state index contributed by atoms with van der Waals surface area (Å²) in [6.07, 6.45) is 0.260. The van der Waals surface area contributed by atoms with E-state index >= 15 is 0 Å². The molecule has 1 atom stereocenters. The topological polar surface area (TPSA) is 66.8 Å². The van der Waals surface area contributed by atoms with Crippen LogP contribution in [-0.4, -0.2) is 42.1 Å². The molecule has 0 aliphatic carbocycles. The number of benzene rings is 1. The summed E-state index contributed by atoms with van der Waals surface area (Å²) < 4.78 is 4.62. The molecule has 0 radical (unpaired) electrons. The van der Waals surface area contributed by atoms with Gasteiger partial charge in [0, 0.05) is 19.6 Å². The molecule has 5 nitrogen and oxygen atoms in total. The van der Waals surface area contributed by atoms with Crippen molar-refractivity contribution in [2.75, 3.05) is 20.2 Å². The lowest BCUT2D eigenvalue weighted by Gasteiger charge is -2.23. The summed E-state index contributed by atoms with van der Waals surface area (Å²) >= 11 is 0. The molecule has 1 rings (SSSR count). The summed E-state index contributed by atoms with van der Waals surface area (Å²) in [5.74, 6) is -1.59. The lowest BCUT2D eigenvalue weighted by Crippen LogP contribution is -2.33. The Morgan fingerprint density at radius 1 is 1.30 bits per heavy atom. The molecular weight excluding hydrogens is 258 g/mol. The Labute approximate surface area is 119 Å². The Bertz CT molecular complexity index is 433. The number of nitrogens with zero attached hydrogens (tertiary/aromatic N) is 1. The number of aliphatic carboxylic acids is 1. The van der Waals surface area contributed by atoms with Crippen molar-refractivity contribution < 1.29 is 19.4 Å². The average Bonchev–Trinajstić information content (AvgIpc) is 2.45. The zero-order valence-electron chi connectivity index (χ0n) is 11.9. The molecule has 0 heterocycles. The highest BCUT2D eigenvalue weighted by Crippen LogP contribution is 2.09. The van der Waals surface area contributed by atoms with Crippen molar-refractivity contribution in [3.8, 4) is 0 Å². The van der Waals surface area contributed by atoms with Crippen molar-refractivity contribution >= 4 is 11.9 Å². The van der Waals surface area contributed by atoms with Gasteiger partial charge in [0.05, 0.1) is 19.4 Å². The molecule has 0 saturated carbocycles. The van der Waals surface area contributed by atoms with E-state index in [9.17, 15) is 9.59 Å². The number of carboxylic acids is 1. The number of carbonyl (C=O) groups is 2. The van der Waals surface area contributed by atoms with Crippen LogP contribution in [0.2, 0.25) is 0 Å². The van der Waals surface area contributed by atoms with Crippen LogP contribution >= 0.6 is 0 Å². The number of ether oxygens (including phenoxy) is 1. The van der Waals surface area contributed by atoms with Crippen LogP contribution in [0.1, 0.15) is 18.9 Å². The standard InChI is InChI=1S/C15H21NO4/c1-12(15(18)19)10-16(9-8-14(17)20-2)11-13-6-4-3-5-7-13/h3-7,12H,8-11H2,1-2H3,(H,18,19). The lowest BCUT2D eigenvalue weighted by atomic mass is 10.1. The van der Waals surface area contributed by atoms with Gasteiger partial charge in [-0.1, -0.05) is 37.3 Å². The van der Waals surface area contributed by atoms with E-state index in [0.29, 0.717) is 19.6 Å². The number of hydrogen-bond donors (Lipinski definition) is 1. The number of esters is 1. The molecule has 0 saturated heterocycles. The molecule has 0 fully saturated rings. The predicted molar refractivity (Wildman–Crippen MR) is 75.2 cm³/mol. The summed E-state index contributed by atoms with van der Waals surface area (Å²) in [6.45, 7) is 3.17. The van der Waals surface area contributed by atoms with Crippen molar-refractivity contribution in [2.45, 2.75) is 19.9 Å². The maximum absolute atomic E-state index is 11.2. The van der Waals surface area contributed by atoms with Crippen molar-refractivity contribution in [1.82, 2.24) is 4.90 Å². The fourth-order valence-electron chi connectivity index (χ4n) is 1.89. The first-order chi connectivity index (χ1) is 9.52. The molecule has 0 aliphatic rings. The van der Waals surface area contributed by atoms with E-state index in [1.807, 2.05) is 35.2 Å². The SMILES string of the molecule is COC(=O)CCN(Cc1ccccc1)CC(C)C(=O)O. The van der Waals surface area contributed by atoms with Gasteiger partial charge >= 0.3 is 11.9 Å². The highest BCUT2D eigenvalue weighted by Gasteiger charge is 2.17. The normalized spacial score (nSPS) is 12.2. The molecule has 20 heavy (non-hydrogen) atoms. The van der Waals surface area contributed by atoms with Crippen LogP contribution in [0, 0.1) is 5.92 Å². The van der Waals surface area contributed by atoms with Crippen LogP contribution in [0.4, 0.5) is 0 Å². The molecule has 0 spiro atoms. The van der Waals surface area contributed by atoms with Crippen LogP contribution in [0.25, 0.3) is 0 Å². The zero-order valence-corrected chi connectivity index (χ0v) is 11.9. The molecule has 0 bridgehead atoms. The highest BCUT2D eigenvalue weighted by molar-refractivity contribution is 5.70. The fraction of sp³-hybridized carbons (Fsp3) is 0.467. The predicted octanol–water partition coefficient (Wildman–Crippen LogP) is 1.77. The van der Waals surface area contributed by atoms with Crippen LogP contribution in [0.5, 0.6) is 0 Å². The minimum atomic E-state index is -0.832. The summed E-state index contributed by atoms with van der Waals surface area (Å²) in [7, 11) is 1.35. The quantitative estimate of drug-likeness (QED) is 0.735. The Hall–Kier alpha value is -1.88. The van der Waals surface area contributed by atoms with Gasteiger partial charge < -0.3 is 9.84 Å². The van der Waals surface area contributed by atoms with Gasteiger partial charge in [-0.2, -0.15) is 0 Å². The van der Waals surface area contributed by atoms with E-state index in [4.69, 9.17) is 5.11 Å². The van der Waals surface area contributed by atoms with Gasteiger partial charge in [0.1, 0.15) is 0 Å². The first-order valence-corrected chi connectivity index (χ1v) is 6.58. The van der Waals surface area contributed by atoms with Crippen molar-refractivity contribution in [2.24, 2.45) is 5.92 Å². The monoisotopic (exact) mass is 279 g/mol. The van der Waals surface area contributed by atoms with Crippen molar-refractivity contribution in [1.29, 1.82) is 0 Å². The molecular formula is C15H21NO4. The molecule has 0 amide bonds. The van der Waals surface area contributed by atoms with E-state index in [0.717, 1.165) is 5.56 Å². The van der Waals surface area contributed by atoms with Gasteiger partial charge in [-0.25, -0.2) is 0 Å². The average molecular weight is 279 g/mol. The molecule has 1 aromatic carbocycles. The number of carboxylic acid groups (broad SMARTS) is 1. The van der Waals surface area contributed by atoms with Crippen molar-refractivity contribution in [3.05, 3.63) is 35.9 Å². The van der Waals surface area contributed by atoms with Gasteiger partial charge in [-0.05, 0) is 5.56 Å². The number of methoxy groups -OCH3 is 1. The molecule has 1 aromatic rings. The Morgan fingerprint density at radius 3 is 2.50 bits per heavy atom. The maximum atomic E-state index is 11.2. The van der Waals surface area contributed by atoms with Gasteiger partial charge in [-0.15, -0.1) is 0 Å². The second-order valence-corrected chi connectivity index (χ2v) is 4.79. The lowest BCUT2D eigenvalue weighted by molar-refractivity contribution is -0.141. The zero-order chi connectivity index (χ0) is 15.0. The fourth-order valence-corrected chi connectivity index (χ4v) is 1.89. The van der Waals surface area contributed by atoms with Gasteiger partial charge in [0.2, 0.25) is 0 Å². The van der Waals surface area contributed by atoms with Gasteiger partial charge in [-0.3, -0.25) is 14.5 Å². The third-order valence-corrected chi connectivity index (χ3v) is 3.06. The summed E-state index contributed by atoms with van der Waals surface area (Å²) in [5.41, 5.74) is 1.09. The highest BCUT2D eigenvalue weighted by atomic mass is 16.5. The third kappa shape index (κ3) is 5.84. The van der Waals surface area contributed by atoms with Gasteiger partial charge in [0.25, 0.3) is 0 Å². The van der Waals surface area contributed by atoms with E-state index < -0.39 is 11.9 Å². The second-order valence-electron chi connectivity index (χ2n) is 4.79. The van der Waals surface area contributed by atoms with E-state index in [1.165, 1.54) is 7.11 Å². The number of carbonyl (C=O) groups excluding carboxylic acids is 1. The van der Waals surface area contributed by atoms with Crippen molar-refractivity contribution in [3.63, 3.8) is 0 Å². The van der Waals surface area contributed by atoms with E-state index in [1.54, 1.807) is 6.92 Å². The third-order valence-electron chi connectivity index (χ3n) is 3.06. The van der Waals surface area contributed by atoms with E-state index in [2.05, 4.69) is 4.74 Å². The first-order valence-electron chi connectivity index (χ1n) is 6.58. The van der Waals surface area contributed by atoms with Gasteiger partial charge in [0.15, 0.2) is 0 Å². The summed E-state index contributed by atoms with van der Waals surface area (Å²) in [4.78, 5) is 24.1. The second kappa shape index (κ2) is 8.32. The Balaban J connectivity index is 2.63. The Morgan fingerprint density at radius 2 is 1.95 bits per heavy atom. The van der Waals surface area contributed by atoms with Crippen LogP contribution < -0.4 is 0 Å². The number of rotatable bonds is 8. The molecule has 5 heteroatoms.